The summed E-state index contributed by atoms with van der Waals surface area (Å²) in [4.78, 5) is 38.7. The molecule has 3 atom stereocenters. The van der Waals surface area contributed by atoms with Gasteiger partial charge in [0, 0.05) is 23.1 Å². The average Bonchev–Trinajstić information content (AvgIpc) is 2.91. The number of ether oxygens (including phenoxy) is 1. The van der Waals surface area contributed by atoms with Crippen molar-refractivity contribution in [2.24, 2.45) is 17.8 Å². The number of ketones is 1. The maximum atomic E-state index is 13.1. The highest BCUT2D eigenvalue weighted by molar-refractivity contribution is 6.07. The van der Waals surface area contributed by atoms with Crippen molar-refractivity contribution in [3.05, 3.63) is 65.2 Å². The second-order valence-corrected chi connectivity index (χ2v) is 8.40. The zero-order valence-corrected chi connectivity index (χ0v) is 17.5. The summed E-state index contributed by atoms with van der Waals surface area (Å²) in [7, 11) is 0. The van der Waals surface area contributed by atoms with Gasteiger partial charge in [0.1, 0.15) is 11.5 Å². The summed E-state index contributed by atoms with van der Waals surface area (Å²) in [6, 6.07) is 14.6. The van der Waals surface area contributed by atoms with Crippen molar-refractivity contribution in [1.82, 2.24) is 0 Å². The first-order valence-electron chi connectivity index (χ1n) is 9.81. The Morgan fingerprint density at radius 1 is 0.966 bits per heavy atom. The van der Waals surface area contributed by atoms with Gasteiger partial charge in [-0.2, -0.15) is 0 Å². The van der Waals surface area contributed by atoms with E-state index in [4.69, 9.17) is 4.74 Å². The highest BCUT2D eigenvalue weighted by atomic mass is 16.6. The van der Waals surface area contributed by atoms with E-state index >= 15 is 0 Å². The van der Waals surface area contributed by atoms with Gasteiger partial charge in [-0.05, 0) is 39.8 Å². The molecule has 0 aliphatic carbocycles. The van der Waals surface area contributed by atoms with E-state index in [-0.39, 0.29) is 5.78 Å². The molecule has 0 saturated carbocycles. The van der Waals surface area contributed by atoms with Gasteiger partial charge >= 0.3 is 5.97 Å². The van der Waals surface area contributed by atoms with Crippen LogP contribution in [-0.2, 0) is 14.3 Å². The van der Waals surface area contributed by atoms with Crippen LogP contribution in [0.1, 0.15) is 42.3 Å². The smallest absolute Gasteiger partial charge is 0.319 e. The molecular weight excluding hydrogens is 366 g/mol. The summed E-state index contributed by atoms with van der Waals surface area (Å²) in [6.45, 7) is 9.19. The zero-order chi connectivity index (χ0) is 21.3. The molecule has 5 nitrogen and oxygen atoms in total. The van der Waals surface area contributed by atoms with Crippen LogP contribution < -0.4 is 5.32 Å². The maximum Gasteiger partial charge on any atom is 0.319 e. The monoisotopic (exact) mass is 393 g/mol. The Morgan fingerprint density at radius 2 is 1.48 bits per heavy atom. The summed E-state index contributed by atoms with van der Waals surface area (Å²) < 4.78 is 5.53. The van der Waals surface area contributed by atoms with Gasteiger partial charge in [0.05, 0.1) is 0 Å². The van der Waals surface area contributed by atoms with E-state index in [1.54, 1.807) is 45.0 Å². The van der Waals surface area contributed by atoms with Crippen LogP contribution in [0.5, 0.6) is 0 Å². The van der Waals surface area contributed by atoms with Crippen LogP contribution in [0.15, 0.2) is 48.5 Å². The molecule has 0 unspecified atom stereocenters. The lowest BCUT2D eigenvalue weighted by atomic mass is 9.72. The molecule has 1 N–H and O–H groups in total. The Kier molecular flexibility index (Phi) is 5.60. The van der Waals surface area contributed by atoms with Gasteiger partial charge in [-0.15, -0.1) is 0 Å². The second-order valence-electron chi connectivity index (χ2n) is 8.40. The van der Waals surface area contributed by atoms with Crippen LogP contribution in [0.2, 0.25) is 0 Å². The van der Waals surface area contributed by atoms with E-state index in [0.717, 1.165) is 11.1 Å². The Morgan fingerprint density at radius 3 is 2.03 bits per heavy atom. The second kappa shape index (κ2) is 7.82. The van der Waals surface area contributed by atoms with Gasteiger partial charge in [0.25, 0.3) is 0 Å². The summed E-state index contributed by atoms with van der Waals surface area (Å²) in [5, 5.41) is 2.80. The molecule has 29 heavy (non-hydrogen) atoms. The molecular formula is C24H27NO4. The molecule has 1 heterocycles. The van der Waals surface area contributed by atoms with Crippen molar-refractivity contribution in [3.63, 3.8) is 0 Å². The molecule has 2 aromatic carbocycles. The molecule has 1 amide bonds. The minimum atomic E-state index is -1.05. The van der Waals surface area contributed by atoms with E-state index in [2.05, 4.69) is 5.32 Å². The third-order valence-corrected chi connectivity index (χ3v) is 5.67. The Balaban J connectivity index is 1.87. The van der Waals surface area contributed by atoms with Crippen LogP contribution >= 0.6 is 0 Å². The van der Waals surface area contributed by atoms with Gasteiger partial charge in [0.2, 0.25) is 5.91 Å². The molecule has 152 valence electrons. The SMILES string of the molecule is Cc1ccc(NC(=O)[C@H]2C(=O)OC(C)(C)[C@H]2[C@@H](C)C(=O)c2ccc(C)cc2)cc1. The van der Waals surface area contributed by atoms with E-state index in [1.165, 1.54) is 0 Å². The number of carbonyl (C=O) groups excluding carboxylic acids is 3. The van der Waals surface area contributed by atoms with Crippen LogP contribution in [-0.4, -0.2) is 23.3 Å². The minimum Gasteiger partial charge on any atom is -0.459 e. The third-order valence-electron chi connectivity index (χ3n) is 5.67. The number of benzene rings is 2. The van der Waals surface area contributed by atoms with Crippen molar-refractivity contribution in [2.75, 3.05) is 5.32 Å². The van der Waals surface area contributed by atoms with Crippen LogP contribution in [0, 0.1) is 31.6 Å². The number of nitrogens with one attached hydrogen (secondary N) is 1. The van der Waals surface area contributed by atoms with Crippen molar-refractivity contribution < 1.29 is 19.1 Å². The molecule has 0 spiro atoms. The normalized spacial score (nSPS) is 21.3. The number of hydrogen-bond acceptors (Lipinski definition) is 4. The molecule has 3 rings (SSSR count). The van der Waals surface area contributed by atoms with E-state index in [0.29, 0.717) is 11.3 Å². The van der Waals surface area contributed by atoms with E-state index in [1.807, 2.05) is 38.1 Å². The number of aryl methyl sites for hydroxylation is 2. The maximum absolute atomic E-state index is 13.1. The van der Waals surface area contributed by atoms with E-state index < -0.39 is 35.2 Å². The number of esters is 1. The first kappa shape index (κ1) is 20.8. The van der Waals surface area contributed by atoms with Crippen molar-refractivity contribution in [1.29, 1.82) is 0 Å². The number of anilines is 1. The fourth-order valence-electron chi connectivity index (χ4n) is 4.10. The van der Waals surface area contributed by atoms with Gasteiger partial charge < -0.3 is 10.1 Å². The number of hydrogen-bond donors (Lipinski definition) is 1. The molecule has 1 aliphatic heterocycles. The van der Waals surface area contributed by atoms with E-state index in [9.17, 15) is 14.4 Å². The lowest BCUT2D eigenvalue weighted by Crippen LogP contribution is -2.42. The number of carbonyl (C=O) groups is 3. The van der Waals surface area contributed by atoms with Crippen LogP contribution in [0.4, 0.5) is 5.69 Å². The Labute approximate surface area is 171 Å². The molecule has 5 heteroatoms. The third kappa shape index (κ3) is 4.24. The molecule has 2 aromatic rings. The Bertz CT molecular complexity index is 928. The number of rotatable bonds is 5. The lowest BCUT2D eigenvalue weighted by molar-refractivity contribution is -0.150. The molecule has 0 radical (unpaired) electrons. The standard InChI is InChI=1S/C24H27NO4/c1-14-6-10-17(11-7-14)21(26)16(3)20-19(23(28)29-24(20,4)5)22(27)25-18-12-8-15(2)9-13-18/h6-13,16,19-20H,1-5H3,(H,25,27)/t16-,19+,20+/m1/s1. The highest BCUT2D eigenvalue weighted by Crippen LogP contribution is 2.43. The fraction of sp³-hybridized carbons (Fsp3) is 0.375. The highest BCUT2D eigenvalue weighted by Gasteiger charge is 2.56. The largest absolute Gasteiger partial charge is 0.459 e. The zero-order valence-electron chi connectivity index (χ0n) is 17.5. The summed E-state index contributed by atoms with van der Waals surface area (Å²) in [6.07, 6.45) is 0. The van der Waals surface area contributed by atoms with Crippen molar-refractivity contribution in [2.45, 2.75) is 40.2 Å². The van der Waals surface area contributed by atoms with Gasteiger partial charge in [-0.25, -0.2) is 0 Å². The van der Waals surface area contributed by atoms with Gasteiger partial charge in [-0.1, -0.05) is 54.4 Å². The number of amides is 1. The predicted molar refractivity (Wildman–Crippen MR) is 112 cm³/mol. The first-order valence-corrected chi connectivity index (χ1v) is 9.81. The van der Waals surface area contributed by atoms with Gasteiger partial charge in [-0.3, -0.25) is 14.4 Å². The van der Waals surface area contributed by atoms with Crippen molar-refractivity contribution >= 4 is 23.3 Å². The quantitative estimate of drug-likeness (QED) is 0.466. The molecule has 0 bridgehead atoms. The first-order chi connectivity index (χ1) is 13.6. The van der Waals surface area contributed by atoms with Gasteiger partial charge in [0.15, 0.2) is 5.78 Å². The van der Waals surface area contributed by atoms with Crippen LogP contribution in [0.3, 0.4) is 0 Å². The number of Topliss-reactive ketones (excluding diaryl/α,β-unsaturated/α-hetero) is 1. The minimum absolute atomic E-state index is 0.102. The molecule has 1 aliphatic rings. The van der Waals surface area contributed by atoms with Crippen LogP contribution in [0.25, 0.3) is 0 Å². The molecule has 0 aromatic heterocycles. The lowest BCUT2D eigenvalue weighted by Gasteiger charge is -2.31. The molecule has 1 saturated heterocycles. The molecule has 1 fully saturated rings. The summed E-state index contributed by atoms with van der Waals surface area (Å²) in [5.41, 5.74) is 2.38. The fourth-order valence-corrected chi connectivity index (χ4v) is 4.10. The Hall–Kier alpha value is -2.95. The number of cyclic esters (lactones) is 1. The topological polar surface area (TPSA) is 72.5 Å². The predicted octanol–water partition coefficient (Wildman–Crippen LogP) is 4.33. The van der Waals surface area contributed by atoms with Crippen molar-refractivity contribution in [3.8, 4) is 0 Å². The summed E-state index contributed by atoms with van der Waals surface area (Å²) in [5.74, 6) is -3.32. The summed E-state index contributed by atoms with van der Waals surface area (Å²) >= 11 is 0. The average molecular weight is 393 g/mol.